The van der Waals surface area contributed by atoms with E-state index in [0.29, 0.717) is 22.0 Å². The molecule has 1 aromatic heterocycles. The first-order chi connectivity index (χ1) is 12.8. The molecule has 0 aliphatic heterocycles. The number of hydrogen-bond acceptors (Lipinski definition) is 3. The third-order valence-electron chi connectivity index (χ3n) is 4.13. The molecule has 0 atom stereocenters. The van der Waals surface area contributed by atoms with Crippen molar-refractivity contribution in [2.45, 2.75) is 19.4 Å². The molecule has 138 valence electrons. The Hall–Kier alpha value is -2.99. The van der Waals surface area contributed by atoms with Gasteiger partial charge < -0.3 is 5.32 Å². The van der Waals surface area contributed by atoms with E-state index in [1.807, 2.05) is 0 Å². The average molecular weight is 386 g/mol. The molecule has 0 unspecified atom stereocenters. The van der Waals surface area contributed by atoms with E-state index in [9.17, 15) is 14.0 Å². The Morgan fingerprint density at radius 3 is 2.30 bits per heavy atom. The summed E-state index contributed by atoms with van der Waals surface area (Å²) in [7, 11) is 0. The van der Waals surface area contributed by atoms with Gasteiger partial charge in [0.2, 0.25) is 0 Å². The molecule has 5 nitrogen and oxygen atoms in total. The molecular weight excluding hydrogens is 369 g/mol. The van der Waals surface area contributed by atoms with Crippen LogP contribution in [0.1, 0.15) is 13.8 Å². The second-order valence-electron chi connectivity index (χ2n) is 6.50. The highest BCUT2D eigenvalue weighted by Gasteiger charge is 2.32. The van der Waals surface area contributed by atoms with E-state index in [1.165, 1.54) is 18.2 Å². The molecule has 3 aromatic rings. The molecule has 0 spiro atoms. The predicted molar refractivity (Wildman–Crippen MR) is 103 cm³/mol. The highest BCUT2D eigenvalue weighted by atomic mass is 35.5. The first-order valence-corrected chi connectivity index (χ1v) is 8.59. The van der Waals surface area contributed by atoms with Crippen molar-refractivity contribution >= 4 is 23.2 Å². The van der Waals surface area contributed by atoms with Crippen molar-refractivity contribution in [2.75, 3.05) is 5.32 Å². The van der Waals surface area contributed by atoms with Crippen LogP contribution in [0.5, 0.6) is 0 Å². The van der Waals surface area contributed by atoms with Gasteiger partial charge in [0.05, 0.1) is 5.69 Å². The number of nitrogens with one attached hydrogen (secondary N) is 1. The van der Waals surface area contributed by atoms with Crippen LogP contribution in [-0.2, 0) is 10.3 Å². The van der Waals surface area contributed by atoms with E-state index in [-0.39, 0.29) is 5.82 Å². The minimum atomic E-state index is -1.26. The lowest BCUT2D eigenvalue weighted by atomic mass is 10.0. The summed E-state index contributed by atoms with van der Waals surface area (Å²) in [5.41, 5.74) is -0.0226. The van der Waals surface area contributed by atoms with Crippen molar-refractivity contribution in [1.82, 2.24) is 9.78 Å². The molecule has 1 heterocycles. The Balaban J connectivity index is 1.94. The van der Waals surface area contributed by atoms with E-state index in [1.54, 1.807) is 56.3 Å². The predicted octanol–water partition coefficient (Wildman–Crippen LogP) is 4.08. The van der Waals surface area contributed by atoms with Gasteiger partial charge in [0.15, 0.2) is 0 Å². The van der Waals surface area contributed by atoms with Crippen LogP contribution in [0.25, 0.3) is 11.3 Å². The molecular formula is C20H17ClFN3O2. The molecule has 0 radical (unpaired) electrons. The van der Waals surface area contributed by atoms with Crippen molar-refractivity contribution in [3.63, 3.8) is 0 Å². The normalized spacial score (nSPS) is 11.3. The summed E-state index contributed by atoms with van der Waals surface area (Å²) in [6.45, 7) is 3.20. The zero-order valence-electron chi connectivity index (χ0n) is 14.7. The monoisotopic (exact) mass is 385 g/mol. The summed E-state index contributed by atoms with van der Waals surface area (Å²) in [4.78, 5) is 25.1. The van der Waals surface area contributed by atoms with E-state index in [4.69, 9.17) is 11.6 Å². The maximum absolute atomic E-state index is 13.1. The number of nitrogens with zero attached hydrogens (tertiary/aromatic N) is 2. The van der Waals surface area contributed by atoms with Crippen LogP contribution in [0.3, 0.4) is 0 Å². The lowest BCUT2D eigenvalue weighted by Crippen LogP contribution is -2.47. The number of amides is 1. The maximum Gasteiger partial charge on any atom is 0.267 e. The van der Waals surface area contributed by atoms with Gasteiger partial charge >= 0.3 is 0 Å². The number of halogens is 2. The Labute approximate surface area is 160 Å². The van der Waals surface area contributed by atoms with Crippen LogP contribution >= 0.6 is 11.6 Å². The molecule has 1 amide bonds. The van der Waals surface area contributed by atoms with Gasteiger partial charge in [-0.1, -0.05) is 11.6 Å². The van der Waals surface area contributed by atoms with E-state index >= 15 is 0 Å². The lowest BCUT2D eigenvalue weighted by molar-refractivity contribution is -0.123. The SMILES string of the molecule is CC(C)(C(=O)Nc1ccc(Cl)cc1)n1nc(-c2ccc(F)cc2)ccc1=O. The zero-order chi connectivity index (χ0) is 19.6. The number of benzene rings is 2. The van der Waals surface area contributed by atoms with Crippen molar-refractivity contribution in [2.24, 2.45) is 0 Å². The highest BCUT2D eigenvalue weighted by molar-refractivity contribution is 6.30. The van der Waals surface area contributed by atoms with Crippen LogP contribution in [0, 0.1) is 5.82 Å². The molecule has 27 heavy (non-hydrogen) atoms. The molecule has 2 aromatic carbocycles. The van der Waals surface area contributed by atoms with E-state index in [2.05, 4.69) is 10.4 Å². The third kappa shape index (κ3) is 4.06. The molecule has 0 aliphatic rings. The first-order valence-electron chi connectivity index (χ1n) is 8.21. The smallest absolute Gasteiger partial charge is 0.267 e. The topological polar surface area (TPSA) is 64.0 Å². The number of carbonyl (C=O) groups excluding carboxylic acids is 1. The maximum atomic E-state index is 13.1. The third-order valence-corrected chi connectivity index (χ3v) is 4.38. The molecule has 0 fully saturated rings. The van der Waals surface area contributed by atoms with E-state index in [0.717, 1.165) is 4.68 Å². The number of anilines is 1. The summed E-state index contributed by atoms with van der Waals surface area (Å²) in [6.07, 6.45) is 0. The van der Waals surface area contributed by atoms with Crippen LogP contribution in [0.15, 0.2) is 65.5 Å². The Morgan fingerprint density at radius 2 is 1.67 bits per heavy atom. The van der Waals surface area contributed by atoms with Crippen LogP contribution in [-0.4, -0.2) is 15.7 Å². The van der Waals surface area contributed by atoms with Crippen molar-refractivity contribution < 1.29 is 9.18 Å². The lowest BCUT2D eigenvalue weighted by Gasteiger charge is -2.25. The van der Waals surface area contributed by atoms with Gasteiger partial charge in [-0.05, 0) is 68.4 Å². The fourth-order valence-electron chi connectivity index (χ4n) is 2.50. The average Bonchev–Trinajstić information content (AvgIpc) is 2.64. The quantitative estimate of drug-likeness (QED) is 0.736. The molecule has 0 aliphatic carbocycles. The molecule has 7 heteroatoms. The van der Waals surface area contributed by atoms with Crippen LogP contribution < -0.4 is 10.9 Å². The fraction of sp³-hybridized carbons (Fsp3) is 0.150. The minimum Gasteiger partial charge on any atom is -0.324 e. The second-order valence-corrected chi connectivity index (χ2v) is 6.93. The number of carbonyl (C=O) groups is 1. The van der Waals surface area contributed by atoms with Crippen LogP contribution in [0.4, 0.5) is 10.1 Å². The Kier molecular flexibility index (Phi) is 5.10. The van der Waals surface area contributed by atoms with Gasteiger partial charge in [-0.2, -0.15) is 5.10 Å². The molecule has 3 rings (SSSR count). The Morgan fingerprint density at radius 1 is 1.04 bits per heavy atom. The largest absolute Gasteiger partial charge is 0.324 e. The van der Waals surface area contributed by atoms with Crippen molar-refractivity contribution in [1.29, 1.82) is 0 Å². The van der Waals surface area contributed by atoms with Crippen LogP contribution in [0.2, 0.25) is 5.02 Å². The zero-order valence-corrected chi connectivity index (χ0v) is 15.5. The van der Waals surface area contributed by atoms with E-state index < -0.39 is 17.0 Å². The fourth-order valence-corrected chi connectivity index (χ4v) is 2.63. The van der Waals surface area contributed by atoms with Gasteiger partial charge in [0.1, 0.15) is 11.4 Å². The van der Waals surface area contributed by atoms with Gasteiger partial charge in [-0.3, -0.25) is 9.59 Å². The summed E-state index contributed by atoms with van der Waals surface area (Å²) in [6, 6.07) is 15.3. The summed E-state index contributed by atoms with van der Waals surface area (Å²) in [5, 5.41) is 7.63. The molecule has 0 saturated heterocycles. The van der Waals surface area contributed by atoms with Gasteiger partial charge in [0, 0.05) is 22.3 Å². The standard InChI is InChI=1S/C20H17ClFN3O2/c1-20(2,19(27)23-16-9-5-14(21)6-10-16)25-18(26)12-11-17(24-25)13-3-7-15(22)8-4-13/h3-12H,1-2H3,(H,23,27). The summed E-state index contributed by atoms with van der Waals surface area (Å²) < 4.78 is 14.3. The highest BCUT2D eigenvalue weighted by Crippen LogP contribution is 2.21. The minimum absolute atomic E-state index is 0.366. The molecule has 0 saturated carbocycles. The second kappa shape index (κ2) is 7.32. The molecule has 1 N–H and O–H groups in total. The number of hydrogen-bond donors (Lipinski definition) is 1. The molecule has 0 bridgehead atoms. The number of rotatable bonds is 4. The summed E-state index contributed by atoms with van der Waals surface area (Å²) in [5.74, 6) is -0.773. The number of aromatic nitrogens is 2. The Bertz CT molecular complexity index is 1030. The van der Waals surface area contributed by atoms with Gasteiger partial charge in [-0.25, -0.2) is 9.07 Å². The van der Waals surface area contributed by atoms with Crippen molar-refractivity contribution in [3.8, 4) is 11.3 Å². The first kappa shape index (κ1) is 18.8. The van der Waals surface area contributed by atoms with Gasteiger partial charge in [-0.15, -0.1) is 0 Å². The van der Waals surface area contributed by atoms with Gasteiger partial charge in [0.25, 0.3) is 11.5 Å². The summed E-state index contributed by atoms with van der Waals surface area (Å²) >= 11 is 5.85. The van der Waals surface area contributed by atoms with Crippen molar-refractivity contribution in [3.05, 3.63) is 81.9 Å².